The number of aliphatic imine (C=N–C) groups is 1. The number of likely N-dealkylation sites (tertiary alicyclic amines) is 1. The molecule has 27 heavy (non-hydrogen) atoms. The van der Waals surface area contributed by atoms with Gasteiger partial charge in [0.2, 0.25) is 0 Å². The van der Waals surface area contributed by atoms with Crippen LogP contribution in [0.3, 0.4) is 0 Å². The van der Waals surface area contributed by atoms with Gasteiger partial charge < -0.3 is 24.8 Å². The number of carbonyl (C=O) groups excluding carboxylic acids is 1. The van der Waals surface area contributed by atoms with Gasteiger partial charge in [0.05, 0.1) is 0 Å². The summed E-state index contributed by atoms with van der Waals surface area (Å²) < 4.78 is 5.54. The average molecular weight is 380 g/mol. The second kappa shape index (κ2) is 10.3. The van der Waals surface area contributed by atoms with E-state index in [0.29, 0.717) is 0 Å². The Bertz CT molecular complexity index is 491. The summed E-state index contributed by atoms with van der Waals surface area (Å²) in [4.78, 5) is 23.7. The first-order valence-corrected chi connectivity index (χ1v) is 10.8. The maximum absolute atomic E-state index is 12.5. The van der Waals surface area contributed by atoms with Crippen molar-refractivity contribution in [1.82, 2.24) is 20.0 Å². The van der Waals surface area contributed by atoms with E-state index >= 15 is 0 Å². The maximum atomic E-state index is 12.5. The fraction of sp³-hybridized carbons (Fsp3) is 0.900. The fourth-order valence-electron chi connectivity index (χ4n) is 4.43. The molecule has 3 rings (SSSR count). The number of ether oxygens (including phenoxy) is 1. The molecule has 3 fully saturated rings. The van der Waals surface area contributed by atoms with Gasteiger partial charge >= 0.3 is 0 Å². The SMILES string of the molecule is CCN1CCC(CCNC(=NC)N2CCN(C(=O)C3CCCO3)CC2)CC1. The van der Waals surface area contributed by atoms with Crippen LogP contribution in [0, 0.1) is 5.92 Å². The van der Waals surface area contributed by atoms with Crippen molar-refractivity contribution < 1.29 is 9.53 Å². The largest absolute Gasteiger partial charge is 0.368 e. The summed E-state index contributed by atoms with van der Waals surface area (Å²) in [6.07, 6.45) is 5.53. The molecule has 0 bridgehead atoms. The van der Waals surface area contributed by atoms with Gasteiger partial charge in [-0.2, -0.15) is 0 Å². The van der Waals surface area contributed by atoms with Crippen LogP contribution in [0.25, 0.3) is 0 Å². The van der Waals surface area contributed by atoms with Gasteiger partial charge in [0.1, 0.15) is 6.10 Å². The molecule has 0 aromatic carbocycles. The van der Waals surface area contributed by atoms with E-state index in [1.807, 2.05) is 11.9 Å². The van der Waals surface area contributed by atoms with Crippen LogP contribution < -0.4 is 5.32 Å². The van der Waals surface area contributed by atoms with Crippen LogP contribution in [0.15, 0.2) is 4.99 Å². The van der Waals surface area contributed by atoms with Gasteiger partial charge in [0.15, 0.2) is 5.96 Å². The number of guanidine groups is 1. The first-order chi connectivity index (χ1) is 13.2. The lowest BCUT2D eigenvalue weighted by atomic mass is 9.93. The van der Waals surface area contributed by atoms with Gasteiger partial charge in [-0.05, 0) is 57.7 Å². The third-order valence-corrected chi connectivity index (χ3v) is 6.30. The molecule has 3 saturated heterocycles. The normalized spacial score (nSPS) is 25.9. The summed E-state index contributed by atoms with van der Waals surface area (Å²) in [5, 5.41) is 3.54. The topological polar surface area (TPSA) is 60.4 Å². The van der Waals surface area contributed by atoms with Crippen molar-refractivity contribution in [2.75, 3.05) is 66.0 Å². The van der Waals surface area contributed by atoms with E-state index in [1.54, 1.807) is 0 Å². The number of hydrogen-bond donors (Lipinski definition) is 1. The Morgan fingerprint density at radius 3 is 2.37 bits per heavy atom. The predicted molar refractivity (Wildman–Crippen MR) is 108 cm³/mol. The zero-order valence-electron chi connectivity index (χ0n) is 17.2. The molecule has 154 valence electrons. The molecular weight excluding hydrogens is 342 g/mol. The molecule has 7 nitrogen and oxygen atoms in total. The minimum atomic E-state index is -0.201. The summed E-state index contributed by atoms with van der Waals surface area (Å²) in [5.74, 6) is 1.98. The van der Waals surface area contributed by atoms with E-state index in [4.69, 9.17) is 4.74 Å². The van der Waals surface area contributed by atoms with Crippen LogP contribution in [0.4, 0.5) is 0 Å². The Labute approximate surface area is 164 Å². The standard InChI is InChI=1S/C20H37N5O2/c1-3-23-10-7-17(8-11-23)6-9-22-20(21-2)25-14-12-24(13-15-25)19(26)18-5-4-16-27-18/h17-18H,3-16H2,1-2H3,(H,21,22). The molecule has 0 saturated carbocycles. The molecule has 3 aliphatic heterocycles. The van der Waals surface area contributed by atoms with Crippen molar-refractivity contribution in [3.8, 4) is 0 Å². The molecule has 1 amide bonds. The van der Waals surface area contributed by atoms with Crippen molar-refractivity contribution in [2.24, 2.45) is 10.9 Å². The summed E-state index contributed by atoms with van der Waals surface area (Å²) in [6.45, 7) is 10.8. The van der Waals surface area contributed by atoms with Crippen LogP contribution in [-0.4, -0.2) is 98.7 Å². The number of amides is 1. The average Bonchev–Trinajstić information content (AvgIpc) is 3.26. The molecule has 0 aliphatic carbocycles. The van der Waals surface area contributed by atoms with Crippen LogP contribution in [-0.2, 0) is 9.53 Å². The molecule has 0 aromatic rings. The minimum absolute atomic E-state index is 0.175. The highest BCUT2D eigenvalue weighted by atomic mass is 16.5. The number of hydrogen-bond acceptors (Lipinski definition) is 4. The summed E-state index contributed by atoms with van der Waals surface area (Å²) in [6, 6.07) is 0. The van der Waals surface area contributed by atoms with E-state index in [2.05, 4.69) is 27.0 Å². The lowest BCUT2D eigenvalue weighted by Gasteiger charge is -2.37. The van der Waals surface area contributed by atoms with Crippen LogP contribution in [0.2, 0.25) is 0 Å². The number of piperidine rings is 1. The Hall–Kier alpha value is -1.34. The number of piperazine rings is 1. The second-order valence-corrected chi connectivity index (χ2v) is 7.95. The molecule has 1 atom stereocenters. The highest BCUT2D eigenvalue weighted by Crippen LogP contribution is 2.20. The fourth-order valence-corrected chi connectivity index (χ4v) is 4.43. The highest BCUT2D eigenvalue weighted by molar-refractivity contribution is 5.82. The molecule has 3 aliphatic rings. The van der Waals surface area contributed by atoms with Gasteiger partial charge in [0, 0.05) is 46.4 Å². The third kappa shape index (κ3) is 5.57. The Balaban J connectivity index is 1.36. The van der Waals surface area contributed by atoms with Crippen molar-refractivity contribution in [3.05, 3.63) is 0 Å². The smallest absolute Gasteiger partial charge is 0.251 e. The zero-order chi connectivity index (χ0) is 19.1. The lowest BCUT2D eigenvalue weighted by molar-refractivity contribution is -0.142. The van der Waals surface area contributed by atoms with Gasteiger partial charge in [-0.1, -0.05) is 6.92 Å². The lowest BCUT2D eigenvalue weighted by Crippen LogP contribution is -2.55. The van der Waals surface area contributed by atoms with Gasteiger partial charge in [0.25, 0.3) is 5.91 Å². The molecular formula is C20H37N5O2. The number of nitrogens with zero attached hydrogens (tertiary/aromatic N) is 4. The summed E-state index contributed by atoms with van der Waals surface area (Å²) in [7, 11) is 1.85. The maximum Gasteiger partial charge on any atom is 0.251 e. The minimum Gasteiger partial charge on any atom is -0.368 e. The molecule has 1 unspecified atom stereocenters. The van der Waals surface area contributed by atoms with Crippen molar-refractivity contribution >= 4 is 11.9 Å². The van der Waals surface area contributed by atoms with E-state index in [1.165, 1.54) is 38.9 Å². The molecule has 0 radical (unpaired) electrons. The molecule has 0 spiro atoms. The van der Waals surface area contributed by atoms with E-state index in [0.717, 1.165) is 64.0 Å². The van der Waals surface area contributed by atoms with Crippen molar-refractivity contribution in [3.63, 3.8) is 0 Å². The number of rotatable bonds is 5. The van der Waals surface area contributed by atoms with Crippen molar-refractivity contribution in [1.29, 1.82) is 0 Å². The molecule has 1 N–H and O–H groups in total. The summed E-state index contributed by atoms with van der Waals surface area (Å²) in [5.41, 5.74) is 0. The van der Waals surface area contributed by atoms with Crippen LogP contribution in [0.1, 0.15) is 39.0 Å². The van der Waals surface area contributed by atoms with Crippen LogP contribution in [0.5, 0.6) is 0 Å². The molecule has 3 heterocycles. The quantitative estimate of drug-likeness (QED) is 0.571. The first-order valence-electron chi connectivity index (χ1n) is 10.8. The van der Waals surface area contributed by atoms with Crippen molar-refractivity contribution in [2.45, 2.75) is 45.1 Å². The monoisotopic (exact) mass is 379 g/mol. The first kappa shape index (κ1) is 20.4. The molecule has 0 aromatic heterocycles. The number of carbonyl (C=O) groups is 1. The Morgan fingerprint density at radius 1 is 1.07 bits per heavy atom. The second-order valence-electron chi connectivity index (χ2n) is 7.95. The zero-order valence-corrected chi connectivity index (χ0v) is 17.2. The Morgan fingerprint density at radius 2 is 1.78 bits per heavy atom. The van der Waals surface area contributed by atoms with E-state index < -0.39 is 0 Å². The predicted octanol–water partition coefficient (Wildman–Crippen LogP) is 1.01. The summed E-state index contributed by atoms with van der Waals surface area (Å²) >= 11 is 0. The van der Waals surface area contributed by atoms with Crippen LogP contribution >= 0.6 is 0 Å². The highest BCUT2D eigenvalue weighted by Gasteiger charge is 2.31. The van der Waals surface area contributed by atoms with E-state index in [9.17, 15) is 4.79 Å². The van der Waals surface area contributed by atoms with Gasteiger partial charge in [-0.15, -0.1) is 0 Å². The molecule has 7 heteroatoms. The Kier molecular flexibility index (Phi) is 7.76. The van der Waals surface area contributed by atoms with E-state index in [-0.39, 0.29) is 12.0 Å². The van der Waals surface area contributed by atoms with Gasteiger partial charge in [-0.3, -0.25) is 9.79 Å². The van der Waals surface area contributed by atoms with Gasteiger partial charge in [-0.25, -0.2) is 0 Å². The number of nitrogens with one attached hydrogen (secondary N) is 1. The third-order valence-electron chi connectivity index (χ3n) is 6.30.